The molecule has 90 valence electrons. The van der Waals surface area contributed by atoms with Crippen LogP contribution in [0.5, 0.6) is 0 Å². The van der Waals surface area contributed by atoms with Gasteiger partial charge in [-0.15, -0.1) is 11.3 Å². The lowest BCUT2D eigenvalue weighted by molar-refractivity contribution is 0.102. The van der Waals surface area contributed by atoms with Gasteiger partial charge < -0.3 is 5.73 Å². The number of rotatable bonds is 3. The van der Waals surface area contributed by atoms with Crippen molar-refractivity contribution >= 4 is 28.2 Å². The van der Waals surface area contributed by atoms with Gasteiger partial charge in [-0.2, -0.15) is 5.10 Å². The van der Waals surface area contributed by atoms with Crippen LogP contribution in [0.2, 0.25) is 0 Å². The fourth-order valence-corrected chi connectivity index (χ4v) is 2.12. The van der Waals surface area contributed by atoms with Crippen LogP contribution in [0.1, 0.15) is 35.8 Å². The van der Waals surface area contributed by atoms with E-state index in [0.717, 1.165) is 5.69 Å². The number of nitrogen functional groups attached to an aromatic ring is 1. The summed E-state index contributed by atoms with van der Waals surface area (Å²) in [5, 5.41) is 11.4. The molecule has 2 aromatic rings. The third-order valence-corrected chi connectivity index (χ3v) is 3.02. The molecule has 2 heterocycles. The van der Waals surface area contributed by atoms with Gasteiger partial charge in [0.2, 0.25) is 0 Å². The van der Waals surface area contributed by atoms with Crippen LogP contribution in [-0.2, 0) is 0 Å². The Bertz CT molecular complexity index is 530. The first-order valence-electron chi connectivity index (χ1n) is 5.13. The van der Waals surface area contributed by atoms with Gasteiger partial charge in [-0.3, -0.25) is 15.2 Å². The van der Waals surface area contributed by atoms with Crippen molar-refractivity contribution in [1.29, 1.82) is 0 Å². The number of thiazole rings is 1. The molecule has 1 amide bonds. The number of carbonyl (C=O) groups excluding carboxylic acids is 1. The maximum absolute atomic E-state index is 11.8. The number of amides is 1. The number of anilines is 2. The number of H-pyrrole nitrogens is 1. The molecule has 0 fully saturated rings. The van der Waals surface area contributed by atoms with Gasteiger partial charge in [-0.1, -0.05) is 13.8 Å². The molecule has 0 spiro atoms. The van der Waals surface area contributed by atoms with Crippen molar-refractivity contribution < 1.29 is 4.79 Å². The fourth-order valence-electron chi connectivity index (χ4n) is 1.25. The first-order valence-corrected chi connectivity index (χ1v) is 6.01. The van der Waals surface area contributed by atoms with Gasteiger partial charge in [-0.05, 0) is 5.92 Å². The highest BCUT2D eigenvalue weighted by atomic mass is 32.1. The molecule has 2 aromatic heterocycles. The zero-order chi connectivity index (χ0) is 12.4. The van der Waals surface area contributed by atoms with Crippen LogP contribution in [0.3, 0.4) is 0 Å². The highest BCUT2D eigenvalue weighted by Gasteiger charge is 2.14. The predicted molar refractivity (Wildman–Crippen MR) is 67.2 cm³/mol. The SMILES string of the molecule is CC(C)c1csc(NC(=O)c2cn[nH]c2N)n1. The maximum atomic E-state index is 11.8. The molecular formula is C10H13N5OS. The number of nitrogens with zero attached hydrogens (tertiary/aromatic N) is 2. The number of hydrogen-bond acceptors (Lipinski definition) is 5. The summed E-state index contributed by atoms with van der Waals surface area (Å²) in [6.07, 6.45) is 1.39. The highest BCUT2D eigenvalue weighted by molar-refractivity contribution is 7.14. The third kappa shape index (κ3) is 2.44. The van der Waals surface area contributed by atoms with E-state index in [-0.39, 0.29) is 11.7 Å². The fraction of sp³-hybridized carbons (Fsp3) is 0.300. The predicted octanol–water partition coefficient (Wildman–Crippen LogP) is 1.82. The van der Waals surface area contributed by atoms with Crippen molar-refractivity contribution in [2.24, 2.45) is 0 Å². The molecule has 0 saturated heterocycles. The zero-order valence-electron chi connectivity index (χ0n) is 9.52. The molecule has 7 heteroatoms. The summed E-state index contributed by atoms with van der Waals surface area (Å²) in [5.41, 5.74) is 6.84. The smallest absolute Gasteiger partial charge is 0.262 e. The van der Waals surface area contributed by atoms with E-state index in [1.807, 2.05) is 5.38 Å². The van der Waals surface area contributed by atoms with Crippen molar-refractivity contribution in [3.8, 4) is 0 Å². The van der Waals surface area contributed by atoms with Gasteiger partial charge in [0, 0.05) is 5.38 Å². The molecule has 6 nitrogen and oxygen atoms in total. The Morgan fingerprint density at radius 3 is 2.88 bits per heavy atom. The molecule has 2 rings (SSSR count). The molecular weight excluding hydrogens is 238 g/mol. The summed E-state index contributed by atoms with van der Waals surface area (Å²) < 4.78 is 0. The van der Waals surface area contributed by atoms with Crippen LogP contribution in [0, 0.1) is 0 Å². The lowest BCUT2D eigenvalue weighted by atomic mass is 10.2. The van der Waals surface area contributed by atoms with Crippen LogP contribution < -0.4 is 11.1 Å². The zero-order valence-corrected chi connectivity index (χ0v) is 10.3. The van der Waals surface area contributed by atoms with Crippen LogP contribution in [-0.4, -0.2) is 21.1 Å². The second-order valence-electron chi connectivity index (χ2n) is 3.88. The molecule has 0 aliphatic rings. The third-order valence-electron chi connectivity index (χ3n) is 2.25. The minimum atomic E-state index is -0.305. The number of hydrogen-bond donors (Lipinski definition) is 3. The molecule has 0 bridgehead atoms. The van der Waals surface area contributed by atoms with Gasteiger partial charge in [0.05, 0.1) is 11.9 Å². The van der Waals surface area contributed by atoms with E-state index >= 15 is 0 Å². The average molecular weight is 251 g/mol. The van der Waals surface area contributed by atoms with E-state index in [1.54, 1.807) is 0 Å². The summed E-state index contributed by atoms with van der Waals surface area (Å²) in [6.45, 7) is 4.10. The van der Waals surface area contributed by atoms with Gasteiger partial charge in [-0.25, -0.2) is 4.98 Å². The summed E-state index contributed by atoms with van der Waals surface area (Å²) in [4.78, 5) is 16.1. The largest absolute Gasteiger partial charge is 0.383 e. The average Bonchev–Trinajstić information content (AvgIpc) is 2.86. The monoisotopic (exact) mass is 251 g/mol. The van der Waals surface area contributed by atoms with E-state index < -0.39 is 0 Å². The number of aromatic amines is 1. The van der Waals surface area contributed by atoms with Crippen molar-refractivity contribution in [2.45, 2.75) is 19.8 Å². The summed E-state index contributed by atoms with van der Waals surface area (Å²) in [6, 6.07) is 0. The standard InChI is InChI=1S/C10H13N5OS/c1-5(2)7-4-17-10(13-7)14-9(16)6-3-12-15-8(6)11/h3-5H,1-2H3,(H3,11,12,15)(H,13,14,16). The lowest BCUT2D eigenvalue weighted by Gasteiger charge is -2.00. The summed E-state index contributed by atoms with van der Waals surface area (Å²) >= 11 is 1.39. The minimum absolute atomic E-state index is 0.253. The topological polar surface area (TPSA) is 96.7 Å². The normalized spacial score (nSPS) is 10.8. The first-order chi connectivity index (χ1) is 8.08. The van der Waals surface area contributed by atoms with E-state index in [2.05, 4.69) is 34.3 Å². The van der Waals surface area contributed by atoms with Gasteiger partial charge in [0.25, 0.3) is 5.91 Å². The van der Waals surface area contributed by atoms with Crippen LogP contribution >= 0.6 is 11.3 Å². The quantitative estimate of drug-likeness (QED) is 0.775. The molecule has 0 unspecified atom stereocenters. The Hall–Kier alpha value is -1.89. The van der Waals surface area contributed by atoms with E-state index in [1.165, 1.54) is 17.5 Å². The summed E-state index contributed by atoms with van der Waals surface area (Å²) in [5.74, 6) is 0.292. The Kier molecular flexibility index (Phi) is 3.10. The molecule has 17 heavy (non-hydrogen) atoms. The minimum Gasteiger partial charge on any atom is -0.383 e. The van der Waals surface area contributed by atoms with Crippen molar-refractivity contribution in [3.63, 3.8) is 0 Å². The molecule has 0 saturated carbocycles. The van der Waals surface area contributed by atoms with E-state index in [9.17, 15) is 4.79 Å². The second-order valence-corrected chi connectivity index (χ2v) is 4.74. The van der Waals surface area contributed by atoms with Crippen molar-refractivity contribution in [1.82, 2.24) is 15.2 Å². The Balaban J connectivity index is 2.11. The van der Waals surface area contributed by atoms with Crippen LogP contribution in [0.4, 0.5) is 10.9 Å². The molecule has 0 aliphatic carbocycles. The Morgan fingerprint density at radius 1 is 1.59 bits per heavy atom. The van der Waals surface area contributed by atoms with Crippen molar-refractivity contribution in [3.05, 3.63) is 22.8 Å². The number of nitrogens with one attached hydrogen (secondary N) is 2. The van der Waals surface area contributed by atoms with E-state index in [0.29, 0.717) is 16.6 Å². The molecule has 0 aromatic carbocycles. The van der Waals surface area contributed by atoms with Crippen LogP contribution in [0.15, 0.2) is 11.6 Å². The Morgan fingerprint density at radius 2 is 2.35 bits per heavy atom. The van der Waals surface area contributed by atoms with Gasteiger partial charge in [0.15, 0.2) is 5.13 Å². The number of aromatic nitrogens is 3. The number of nitrogens with two attached hydrogens (primary N) is 1. The lowest BCUT2D eigenvalue weighted by Crippen LogP contribution is -2.12. The first kappa shape index (κ1) is 11.6. The second kappa shape index (κ2) is 4.54. The molecule has 4 N–H and O–H groups in total. The van der Waals surface area contributed by atoms with Gasteiger partial charge >= 0.3 is 0 Å². The maximum Gasteiger partial charge on any atom is 0.262 e. The van der Waals surface area contributed by atoms with Crippen LogP contribution in [0.25, 0.3) is 0 Å². The van der Waals surface area contributed by atoms with Gasteiger partial charge in [0.1, 0.15) is 11.4 Å². The Labute approximate surface area is 102 Å². The molecule has 0 radical (unpaired) electrons. The molecule has 0 aliphatic heterocycles. The highest BCUT2D eigenvalue weighted by Crippen LogP contribution is 2.22. The van der Waals surface area contributed by atoms with Crippen molar-refractivity contribution in [2.75, 3.05) is 11.1 Å². The summed E-state index contributed by atoms with van der Waals surface area (Å²) in [7, 11) is 0. The van der Waals surface area contributed by atoms with E-state index in [4.69, 9.17) is 5.73 Å². The number of carbonyl (C=O) groups is 1. The molecule has 0 atom stereocenters.